The molecule has 1 aliphatic heterocycles. The van der Waals surface area contributed by atoms with Crippen molar-refractivity contribution in [2.75, 3.05) is 12.3 Å². The smallest absolute Gasteiger partial charge is 0.383 e. The Morgan fingerprint density at radius 1 is 1.30 bits per heavy atom. The molecule has 1 atom stereocenters. The fourth-order valence-corrected chi connectivity index (χ4v) is 2.57. The van der Waals surface area contributed by atoms with Gasteiger partial charge in [0.25, 0.3) is 0 Å². The molecule has 8 heteroatoms. The third kappa shape index (κ3) is 2.20. The molecule has 0 aliphatic carbocycles. The number of anilines is 1. The van der Waals surface area contributed by atoms with Gasteiger partial charge < -0.3 is 11.1 Å². The number of halogens is 3. The van der Waals surface area contributed by atoms with Gasteiger partial charge in [-0.25, -0.2) is 4.98 Å². The first-order chi connectivity index (χ1) is 9.47. The Labute approximate surface area is 112 Å². The minimum Gasteiger partial charge on any atom is -0.383 e. The van der Waals surface area contributed by atoms with Crippen LogP contribution < -0.4 is 11.1 Å². The van der Waals surface area contributed by atoms with Gasteiger partial charge in [-0.05, 0) is 25.5 Å². The van der Waals surface area contributed by atoms with E-state index in [0.29, 0.717) is 5.69 Å². The number of aromatic amines is 1. The van der Waals surface area contributed by atoms with Crippen LogP contribution >= 0.6 is 0 Å². The maximum atomic E-state index is 13.2. The highest BCUT2D eigenvalue weighted by atomic mass is 19.4. The summed E-state index contributed by atoms with van der Waals surface area (Å²) in [5.41, 5.74) is 5.13. The Morgan fingerprint density at radius 3 is 2.75 bits per heavy atom. The fourth-order valence-electron chi connectivity index (χ4n) is 2.57. The van der Waals surface area contributed by atoms with E-state index in [4.69, 9.17) is 5.73 Å². The number of nitrogens with zero attached hydrogens (tertiary/aromatic N) is 2. The van der Waals surface area contributed by atoms with E-state index in [9.17, 15) is 13.2 Å². The van der Waals surface area contributed by atoms with Crippen LogP contribution in [0.15, 0.2) is 6.07 Å². The molecule has 0 radical (unpaired) electrons. The number of fused-ring (bicyclic) bond motifs is 1. The number of aromatic nitrogens is 3. The largest absolute Gasteiger partial charge is 0.417 e. The van der Waals surface area contributed by atoms with Gasteiger partial charge in [-0.1, -0.05) is 6.42 Å². The molecule has 20 heavy (non-hydrogen) atoms. The predicted octanol–water partition coefficient (Wildman–Crippen LogP) is 2.37. The lowest BCUT2D eigenvalue weighted by Crippen LogP contribution is -2.28. The molecule has 1 aliphatic rings. The van der Waals surface area contributed by atoms with Crippen LogP contribution in [-0.4, -0.2) is 21.7 Å². The van der Waals surface area contributed by atoms with Crippen molar-refractivity contribution in [2.45, 2.75) is 31.5 Å². The maximum absolute atomic E-state index is 13.2. The Morgan fingerprint density at radius 2 is 2.10 bits per heavy atom. The minimum absolute atomic E-state index is 0.0136. The summed E-state index contributed by atoms with van der Waals surface area (Å²) in [7, 11) is 0. The topological polar surface area (TPSA) is 79.6 Å². The predicted molar refractivity (Wildman–Crippen MR) is 67.9 cm³/mol. The molecule has 5 nitrogen and oxygen atoms in total. The number of hydrogen-bond acceptors (Lipinski definition) is 4. The van der Waals surface area contributed by atoms with Crippen molar-refractivity contribution in [3.63, 3.8) is 0 Å². The summed E-state index contributed by atoms with van der Waals surface area (Å²) in [6.45, 7) is 0.786. The van der Waals surface area contributed by atoms with Crippen LogP contribution in [0, 0.1) is 0 Å². The molecule has 0 amide bonds. The number of pyridine rings is 1. The van der Waals surface area contributed by atoms with Crippen molar-refractivity contribution in [3.8, 4) is 0 Å². The molecule has 108 valence electrons. The summed E-state index contributed by atoms with van der Waals surface area (Å²) in [5.74, 6) is -0.108. The lowest BCUT2D eigenvalue weighted by atomic mass is 9.99. The van der Waals surface area contributed by atoms with Gasteiger partial charge in [-0.3, -0.25) is 5.10 Å². The van der Waals surface area contributed by atoms with Gasteiger partial charge in [0.2, 0.25) is 0 Å². The SMILES string of the molecule is Nc1[nH]nc2nc([C@H]3CCCCN3)cc(C(F)(F)F)c12. The molecule has 2 aromatic heterocycles. The van der Waals surface area contributed by atoms with Crippen LogP contribution in [0.1, 0.15) is 36.6 Å². The summed E-state index contributed by atoms with van der Waals surface area (Å²) >= 11 is 0. The lowest BCUT2D eigenvalue weighted by Gasteiger charge is -2.23. The van der Waals surface area contributed by atoms with Crippen LogP contribution in [0.2, 0.25) is 0 Å². The number of H-pyrrole nitrogens is 1. The van der Waals surface area contributed by atoms with E-state index in [-0.39, 0.29) is 22.9 Å². The maximum Gasteiger partial charge on any atom is 0.417 e. The second-order valence-electron chi connectivity index (χ2n) is 4.93. The minimum atomic E-state index is -4.48. The fraction of sp³-hybridized carbons (Fsp3) is 0.500. The van der Waals surface area contributed by atoms with Crippen LogP contribution in [0.3, 0.4) is 0 Å². The first-order valence-electron chi connectivity index (χ1n) is 6.42. The van der Waals surface area contributed by atoms with Crippen LogP contribution in [0.5, 0.6) is 0 Å². The second-order valence-corrected chi connectivity index (χ2v) is 4.93. The first-order valence-corrected chi connectivity index (χ1v) is 6.42. The number of nitrogens with one attached hydrogen (secondary N) is 2. The van der Waals surface area contributed by atoms with E-state index in [2.05, 4.69) is 20.5 Å². The molecular weight excluding hydrogens is 271 g/mol. The zero-order valence-corrected chi connectivity index (χ0v) is 10.6. The quantitative estimate of drug-likeness (QED) is 0.751. The zero-order valence-electron chi connectivity index (χ0n) is 10.6. The number of rotatable bonds is 1. The molecule has 2 aromatic rings. The molecule has 1 saturated heterocycles. The average molecular weight is 285 g/mol. The monoisotopic (exact) mass is 285 g/mol. The van der Waals surface area contributed by atoms with E-state index in [1.165, 1.54) is 0 Å². The highest BCUT2D eigenvalue weighted by Crippen LogP contribution is 2.38. The molecule has 0 bridgehead atoms. The third-order valence-corrected chi connectivity index (χ3v) is 3.54. The van der Waals surface area contributed by atoms with E-state index >= 15 is 0 Å². The summed E-state index contributed by atoms with van der Waals surface area (Å²) < 4.78 is 39.5. The molecule has 3 rings (SSSR count). The van der Waals surface area contributed by atoms with E-state index < -0.39 is 11.7 Å². The molecule has 4 N–H and O–H groups in total. The lowest BCUT2D eigenvalue weighted by molar-refractivity contribution is -0.136. The molecule has 3 heterocycles. The van der Waals surface area contributed by atoms with E-state index in [1.807, 2.05) is 0 Å². The Balaban J connectivity index is 2.15. The van der Waals surface area contributed by atoms with Gasteiger partial charge >= 0.3 is 6.18 Å². The Hall–Kier alpha value is -1.83. The van der Waals surface area contributed by atoms with E-state index in [0.717, 1.165) is 31.9 Å². The molecule has 1 fully saturated rings. The zero-order chi connectivity index (χ0) is 14.3. The summed E-state index contributed by atoms with van der Waals surface area (Å²) in [6, 6.07) is 0.921. The number of hydrogen-bond donors (Lipinski definition) is 3. The molecule has 0 saturated carbocycles. The van der Waals surface area contributed by atoms with Crippen LogP contribution in [0.25, 0.3) is 11.0 Å². The van der Waals surface area contributed by atoms with Crippen molar-refractivity contribution in [1.29, 1.82) is 0 Å². The normalized spacial score (nSPS) is 20.4. The van der Waals surface area contributed by atoms with E-state index in [1.54, 1.807) is 0 Å². The first kappa shape index (κ1) is 13.2. The molecule has 0 spiro atoms. The van der Waals surface area contributed by atoms with Crippen molar-refractivity contribution >= 4 is 16.9 Å². The third-order valence-electron chi connectivity index (χ3n) is 3.54. The molecular formula is C12H14F3N5. The molecule has 0 unspecified atom stereocenters. The second kappa shape index (κ2) is 4.62. The summed E-state index contributed by atoms with van der Waals surface area (Å²) in [5, 5.41) is 9.15. The average Bonchev–Trinajstić information content (AvgIpc) is 2.79. The van der Waals surface area contributed by atoms with Gasteiger partial charge in [-0.2, -0.15) is 18.3 Å². The number of piperidine rings is 1. The summed E-state index contributed by atoms with van der Waals surface area (Å²) in [6.07, 6.45) is -1.71. The van der Waals surface area contributed by atoms with Crippen molar-refractivity contribution in [2.24, 2.45) is 0 Å². The highest BCUT2D eigenvalue weighted by Gasteiger charge is 2.36. The Bertz CT molecular complexity index is 628. The van der Waals surface area contributed by atoms with Gasteiger partial charge in [0, 0.05) is 6.04 Å². The van der Waals surface area contributed by atoms with Crippen molar-refractivity contribution < 1.29 is 13.2 Å². The number of nitrogens with two attached hydrogens (primary N) is 1. The number of alkyl halides is 3. The standard InChI is InChI=1S/C12H14F3N5/c13-12(14,15)6-5-8(7-3-1-2-4-17-7)18-11-9(6)10(16)19-20-11/h5,7,17H,1-4H2,(H3,16,18,19,20)/t7-/m1/s1. The van der Waals surface area contributed by atoms with Gasteiger partial charge in [-0.15, -0.1) is 0 Å². The Kier molecular flexibility index (Phi) is 3.04. The van der Waals surface area contributed by atoms with Crippen LogP contribution in [-0.2, 0) is 6.18 Å². The van der Waals surface area contributed by atoms with Gasteiger partial charge in [0.05, 0.1) is 16.6 Å². The number of nitrogen functional groups attached to an aromatic ring is 1. The van der Waals surface area contributed by atoms with Crippen molar-refractivity contribution in [3.05, 3.63) is 17.3 Å². The molecule has 0 aromatic carbocycles. The van der Waals surface area contributed by atoms with Gasteiger partial charge in [0.15, 0.2) is 5.65 Å². The highest BCUT2D eigenvalue weighted by molar-refractivity contribution is 5.89. The van der Waals surface area contributed by atoms with Crippen LogP contribution in [0.4, 0.5) is 19.0 Å². The summed E-state index contributed by atoms with van der Waals surface area (Å²) in [4.78, 5) is 4.21. The van der Waals surface area contributed by atoms with Crippen molar-refractivity contribution in [1.82, 2.24) is 20.5 Å². The van der Waals surface area contributed by atoms with Gasteiger partial charge in [0.1, 0.15) is 5.82 Å².